The number of hydrogen-bond donors (Lipinski definition) is 2. The third kappa shape index (κ3) is 2.96. The van der Waals surface area contributed by atoms with Crippen LogP contribution >= 0.6 is 0 Å². The standard InChI is InChI=1S/C14H18N4O3/c1-9(14(20)21)10(2)16-12(19)11-8-15-17(3)13(11)18-6-4-5-7-18/h4-10H,1-3H3,(H,16,19)(H,20,21). The quantitative estimate of drug-likeness (QED) is 0.861. The predicted octanol–water partition coefficient (Wildman–Crippen LogP) is 1.05. The van der Waals surface area contributed by atoms with Crippen LogP contribution in [-0.4, -0.2) is 37.4 Å². The van der Waals surface area contributed by atoms with Crippen LogP contribution in [0.4, 0.5) is 0 Å². The molecule has 2 atom stereocenters. The highest BCUT2D eigenvalue weighted by Gasteiger charge is 2.24. The van der Waals surface area contributed by atoms with Crippen molar-refractivity contribution in [3.05, 3.63) is 36.3 Å². The third-order valence-corrected chi connectivity index (χ3v) is 3.50. The van der Waals surface area contributed by atoms with Gasteiger partial charge < -0.3 is 15.0 Å². The minimum Gasteiger partial charge on any atom is -0.481 e. The van der Waals surface area contributed by atoms with Crippen molar-refractivity contribution in [2.75, 3.05) is 0 Å². The topological polar surface area (TPSA) is 89.2 Å². The Morgan fingerprint density at radius 1 is 1.29 bits per heavy atom. The van der Waals surface area contributed by atoms with E-state index in [9.17, 15) is 9.59 Å². The Morgan fingerprint density at radius 3 is 2.48 bits per heavy atom. The molecule has 2 rings (SSSR count). The second-order valence-electron chi connectivity index (χ2n) is 4.98. The number of carboxylic acids is 1. The molecule has 2 unspecified atom stereocenters. The molecule has 2 N–H and O–H groups in total. The maximum Gasteiger partial charge on any atom is 0.308 e. The van der Waals surface area contributed by atoms with Gasteiger partial charge >= 0.3 is 5.97 Å². The van der Waals surface area contributed by atoms with Crippen LogP contribution in [0.25, 0.3) is 5.82 Å². The van der Waals surface area contributed by atoms with Gasteiger partial charge in [0, 0.05) is 25.5 Å². The van der Waals surface area contributed by atoms with Gasteiger partial charge in [0.15, 0.2) is 0 Å². The van der Waals surface area contributed by atoms with Crippen LogP contribution in [0.2, 0.25) is 0 Å². The molecule has 0 fully saturated rings. The summed E-state index contributed by atoms with van der Waals surface area (Å²) >= 11 is 0. The molecule has 112 valence electrons. The SMILES string of the molecule is CC(NC(=O)c1cnn(C)c1-n1cccc1)C(C)C(=O)O. The summed E-state index contributed by atoms with van der Waals surface area (Å²) in [6.45, 7) is 3.23. The van der Waals surface area contributed by atoms with Crippen molar-refractivity contribution >= 4 is 11.9 Å². The first-order chi connectivity index (χ1) is 9.91. The van der Waals surface area contributed by atoms with Crippen molar-refractivity contribution < 1.29 is 14.7 Å². The summed E-state index contributed by atoms with van der Waals surface area (Å²) < 4.78 is 3.38. The number of amides is 1. The van der Waals surface area contributed by atoms with E-state index in [0.29, 0.717) is 11.4 Å². The zero-order valence-corrected chi connectivity index (χ0v) is 12.1. The van der Waals surface area contributed by atoms with Crippen molar-refractivity contribution in [3.63, 3.8) is 0 Å². The summed E-state index contributed by atoms with van der Waals surface area (Å²) in [5.41, 5.74) is 0.401. The Hall–Kier alpha value is -2.57. The number of aromatic nitrogens is 3. The summed E-state index contributed by atoms with van der Waals surface area (Å²) in [6, 6.07) is 3.22. The third-order valence-electron chi connectivity index (χ3n) is 3.50. The molecule has 0 aliphatic heterocycles. The lowest BCUT2D eigenvalue weighted by Crippen LogP contribution is -2.40. The van der Waals surface area contributed by atoms with Gasteiger partial charge in [0.05, 0.1) is 12.1 Å². The van der Waals surface area contributed by atoms with Gasteiger partial charge in [-0.05, 0) is 26.0 Å². The van der Waals surface area contributed by atoms with Crippen LogP contribution in [-0.2, 0) is 11.8 Å². The minimum atomic E-state index is -0.945. The summed E-state index contributed by atoms with van der Waals surface area (Å²) in [6.07, 6.45) is 5.11. The van der Waals surface area contributed by atoms with Crippen LogP contribution in [0.15, 0.2) is 30.7 Å². The van der Waals surface area contributed by atoms with Crippen LogP contribution in [0.5, 0.6) is 0 Å². The number of carbonyl (C=O) groups is 2. The lowest BCUT2D eigenvalue weighted by molar-refractivity contribution is -0.141. The van der Waals surface area contributed by atoms with Crippen LogP contribution < -0.4 is 5.32 Å². The first-order valence-electron chi connectivity index (χ1n) is 6.60. The molecule has 2 heterocycles. The van der Waals surface area contributed by atoms with E-state index in [1.165, 1.54) is 6.20 Å². The van der Waals surface area contributed by atoms with E-state index in [1.807, 2.05) is 24.5 Å². The van der Waals surface area contributed by atoms with Gasteiger partial charge in [-0.15, -0.1) is 0 Å². The molecule has 2 aromatic heterocycles. The molecule has 7 heteroatoms. The lowest BCUT2D eigenvalue weighted by Gasteiger charge is -2.18. The number of nitrogens with one attached hydrogen (secondary N) is 1. The first kappa shape index (κ1) is 14.8. The summed E-state index contributed by atoms with van der Waals surface area (Å²) in [5.74, 6) is -1.32. The van der Waals surface area contributed by atoms with Gasteiger partial charge in [0.25, 0.3) is 5.91 Å². The monoisotopic (exact) mass is 290 g/mol. The van der Waals surface area contributed by atoms with Gasteiger partial charge in [-0.25, -0.2) is 0 Å². The average Bonchev–Trinajstić information content (AvgIpc) is 3.06. The smallest absolute Gasteiger partial charge is 0.308 e. The van der Waals surface area contributed by atoms with E-state index in [0.717, 1.165) is 0 Å². The van der Waals surface area contributed by atoms with Crippen molar-refractivity contribution in [2.45, 2.75) is 19.9 Å². The van der Waals surface area contributed by atoms with Gasteiger partial charge in [-0.3, -0.25) is 14.3 Å². The molecular formula is C14H18N4O3. The molecule has 0 saturated carbocycles. The van der Waals surface area contributed by atoms with Gasteiger partial charge in [-0.2, -0.15) is 5.10 Å². The maximum absolute atomic E-state index is 12.3. The lowest BCUT2D eigenvalue weighted by atomic mass is 10.0. The van der Waals surface area contributed by atoms with E-state index in [-0.39, 0.29) is 5.91 Å². The molecule has 0 aromatic carbocycles. The first-order valence-corrected chi connectivity index (χ1v) is 6.60. The van der Waals surface area contributed by atoms with Crippen molar-refractivity contribution in [1.82, 2.24) is 19.7 Å². The summed E-state index contributed by atoms with van der Waals surface area (Å²) in [4.78, 5) is 23.3. The fourth-order valence-corrected chi connectivity index (χ4v) is 2.00. The molecule has 0 radical (unpaired) electrons. The second-order valence-corrected chi connectivity index (χ2v) is 4.98. The van der Waals surface area contributed by atoms with Crippen LogP contribution in [0.1, 0.15) is 24.2 Å². The second kappa shape index (κ2) is 5.82. The number of hydrogen-bond acceptors (Lipinski definition) is 3. The Balaban J connectivity index is 2.23. The largest absolute Gasteiger partial charge is 0.481 e. The zero-order valence-electron chi connectivity index (χ0n) is 12.1. The van der Waals surface area contributed by atoms with E-state index in [2.05, 4.69) is 10.4 Å². The highest BCUT2D eigenvalue weighted by Crippen LogP contribution is 2.14. The Morgan fingerprint density at radius 2 is 1.90 bits per heavy atom. The number of nitrogens with zero attached hydrogens (tertiary/aromatic N) is 3. The van der Waals surface area contributed by atoms with Gasteiger partial charge in [0.1, 0.15) is 11.4 Å². The number of carboxylic acid groups (broad SMARTS) is 1. The molecule has 2 aromatic rings. The normalized spacial score (nSPS) is 13.7. The average molecular weight is 290 g/mol. The molecule has 21 heavy (non-hydrogen) atoms. The number of carbonyl (C=O) groups excluding carboxylic acids is 1. The molecule has 0 spiro atoms. The fraction of sp³-hybridized carbons (Fsp3) is 0.357. The Kier molecular flexibility index (Phi) is 4.11. The van der Waals surface area contributed by atoms with Crippen LogP contribution in [0.3, 0.4) is 0 Å². The summed E-state index contributed by atoms with van der Waals surface area (Å²) in [5, 5.41) is 15.8. The number of rotatable bonds is 5. The minimum absolute atomic E-state index is 0.340. The van der Waals surface area contributed by atoms with E-state index in [1.54, 1.807) is 30.1 Å². The highest BCUT2D eigenvalue weighted by atomic mass is 16.4. The maximum atomic E-state index is 12.3. The van der Waals surface area contributed by atoms with Gasteiger partial charge in [0.2, 0.25) is 0 Å². The van der Waals surface area contributed by atoms with Crippen LogP contribution in [0, 0.1) is 5.92 Å². The fourth-order valence-electron chi connectivity index (χ4n) is 2.00. The predicted molar refractivity (Wildman–Crippen MR) is 76.3 cm³/mol. The molecule has 0 aliphatic rings. The molecular weight excluding hydrogens is 272 g/mol. The molecule has 7 nitrogen and oxygen atoms in total. The number of aliphatic carboxylic acids is 1. The Labute approximate surface area is 122 Å². The van der Waals surface area contributed by atoms with Crippen molar-refractivity contribution in [2.24, 2.45) is 13.0 Å². The van der Waals surface area contributed by atoms with E-state index in [4.69, 9.17) is 5.11 Å². The van der Waals surface area contributed by atoms with Gasteiger partial charge in [-0.1, -0.05) is 0 Å². The van der Waals surface area contributed by atoms with E-state index >= 15 is 0 Å². The molecule has 0 saturated heterocycles. The Bertz CT molecular complexity index is 645. The highest BCUT2D eigenvalue weighted by molar-refractivity contribution is 5.97. The molecule has 0 bridgehead atoms. The van der Waals surface area contributed by atoms with Crippen molar-refractivity contribution in [1.29, 1.82) is 0 Å². The molecule has 1 amide bonds. The number of aryl methyl sites for hydroxylation is 1. The molecule has 0 aliphatic carbocycles. The van der Waals surface area contributed by atoms with Crippen molar-refractivity contribution in [3.8, 4) is 5.82 Å². The zero-order chi connectivity index (χ0) is 15.6. The summed E-state index contributed by atoms with van der Waals surface area (Å²) in [7, 11) is 1.75. The van der Waals surface area contributed by atoms with E-state index < -0.39 is 17.9 Å².